The van der Waals surface area contributed by atoms with Gasteiger partial charge in [-0.05, 0) is 78.7 Å². The maximum atomic E-state index is 14.3. The third kappa shape index (κ3) is 5.31. The largest absolute Gasteiger partial charge is 0.207 e. The van der Waals surface area contributed by atoms with Crippen molar-refractivity contribution in [2.24, 2.45) is 5.92 Å². The molecule has 0 aliphatic heterocycles. The summed E-state index contributed by atoms with van der Waals surface area (Å²) in [4.78, 5) is 0. The predicted molar refractivity (Wildman–Crippen MR) is 115 cm³/mol. The fraction of sp³-hybridized carbons (Fsp3) is 0.462. The van der Waals surface area contributed by atoms with Crippen LogP contribution in [0.4, 0.5) is 4.39 Å². The van der Waals surface area contributed by atoms with Gasteiger partial charge in [0, 0.05) is 0 Å². The van der Waals surface area contributed by atoms with Gasteiger partial charge in [0.05, 0.1) is 0 Å². The van der Waals surface area contributed by atoms with Gasteiger partial charge >= 0.3 is 0 Å². The lowest BCUT2D eigenvalue weighted by atomic mass is 9.77. The maximum absolute atomic E-state index is 14.3. The Kier molecular flexibility index (Phi) is 7.26. The third-order valence-corrected chi connectivity index (χ3v) is 6.20. The van der Waals surface area contributed by atoms with Gasteiger partial charge in [0.2, 0.25) is 0 Å². The standard InChI is InChI=1S/C26H33F/c1-3-5-7-20-9-11-21(12-10-20)22-13-15-23(16-14-22)25-18-17-24(8-6-4-2)26(27)19-25/h4,13-21H,2-3,5-12H2,1H3. The van der Waals surface area contributed by atoms with E-state index in [-0.39, 0.29) is 5.82 Å². The summed E-state index contributed by atoms with van der Waals surface area (Å²) >= 11 is 0. The van der Waals surface area contributed by atoms with Crippen molar-refractivity contribution in [1.29, 1.82) is 0 Å². The zero-order valence-electron chi connectivity index (χ0n) is 16.7. The zero-order chi connectivity index (χ0) is 19.1. The van der Waals surface area contributed by atoms with Crippen LogP contribution in [0.3, 0.4) is 0 Å². The van der Waals surface area contributed by atoms with Crippen LogP contribution >= 0.6 is 0 Å². The molecule has 0 spiro atoms. The van der Waals surface area contributed by atoms with Crippen molar-refractivity contribution < 1.29 is 4.39 Å². The first-order valence-electron chi connectivity index (χ1n) is 10.7. The van der Waals surface area contributed by atoms with Gasteiger partial charge in [-0.25, -0.2) is 4.39 Å². The van der Waals surface area contributed by atoms with Gasteiger partial charge in [0.25, 0.3) is 0 Å². The van der Waals surface area contributed by atoms with Crippen LogP contribution < -0.4 is 0 Å². The summed E-state index contributed by atoms with van der Waals surface area (Å²) in [5.74, 6) is 1.54. The van der Waals surface area contributed by atoms with E-state index in [1.807, 2.05) is 18.2 Å². The lowest BCUT2D eigenvalue weighted by Gasteiger charge is -2.29. The van der Waals surface area contributed by atoms with Crippen LogP contribution in [-0.4, -0.2) is 0 Å². The van der Waals surface area contributed by atoms with Crippen molar-refractivity contribution in [3.8, 4) is 11.1 Å². The highest BCUT2D eigenvalue weighted by Gasteiger charge is 2.21. The fourth-order valence-electron chi connectivity index (χ4n) is 4.41. The number of unbranched alkanes of at least 4 members (excludes halogenated alkanes) is 1. The molecule has 144 valence electrons. The van der Waals surface area contributed by atoms with E-state index in [4.69, 9.17) is 0 Å². The predicted octanol–water partition coefficient (Wildman–Crippen LogP) is 8.08. The molecule has 27 heavy (non-hydrogen) atoms. The maximum Gasteiger partial charge on any atom is 0.127 e. The molecular formula is C26H33F. The van der Waals surface area contributed by atoms with Crippen LogP contribution in [0.5, 0.6) is 0 Å². The second kappa shape index (κ2) is 9.88. The summed E-state index contributed by atoms with van der Waals surface area (Å²) in [6.07, 6.45) is 12.9. The van der Waals surface area contributed by atoms with Gasteiger partial charge in [-0.15, -0.1) is 6.58 Å². The Balaban J connectivity index is 1.62. The molecule has 0 radical (unpaired) electrons. The molecule has 0 N–H and O–H groups in total. The lowest BCUT2D eigenvalue weighted by molar-refractivity contribution is 0.304. The highest BCUT2D eigenvalue weighted by atomic mass is 19.1. The summed E-state index contributed by atoms with van der Waals surface area (Å²) in [5.41, 5.74) is 4.29. The first kappa shape index (κ1) is 19.9. The molecule has 1 heteroatoms. The second-order valence-corrected chi connectivity index (χ2v) is 8.12. The van der Waals surface area contributed by atoms with Gasteiger partial charge in [0.1, 0.15) is 5.82 Å². The molecule has 0 nitrogen and oxygen atoms in total. The normalized spacial score (nSPS) is 19.8. The van der Waals surface area contributed by atoms with Crippen molar-refractivity contribution in [3.05, 3.63) is 72.1 Å². The average molecular weight is 365 g/mol. The van der Waals surface area contributed by atoms with Gasteiger partial charge < -0.3 is 0 Å². The molecule has 0 atom stereocenters. The van der Waals surface area contributed by atoms with E-state index in [1.54, 1.807) is 6.07 Å². The molecule has 0 amide bonds. The van der Waals surface area contributed by atoms with E-state index in [0.29, 0.717) is 5.92 Å². The van der Waals surface area contributed by atoms with E-state index in [2.05, 4.69) is 37.8 Å². The molecule has 1 aliphatic rings. The van der Waals surface area contributed by atoms with Crippen LogP contribution in [0.25, 0.3) is 11.1 Å². The SMILES string of the molecule is C=CCCc1ccc(-c2ccc(C3CCC(CCCC)CC3)cc2)cc1F. The summed E-state index contributed by atoms with van der Waals surface area (Å²) in [5, 5.41) is 0. The molecule has 3 rings (SSSR count). The molecular weight excluding hydrogens is 331 g/mol. The number of benzene rings is 2. The van der Waals surface area contributed by atoms with Crippen LogP contribution in [0.2, 0.25) is 0 Å². The molecule has 1 fully saturated rings. The van der Waals surface area contributed by atoms with Crippen LogP contribution in [0.1, 0.15) is 75.3 Å². The van der Waals surface area contributed by atoms with Crippen LogP contribution in [0.15, 0.2) is 55.1 Å². The minimum Gasteiger partial charge on any atom is -0.207 e. The topological polar surface area (TPSA) is 0 Å². The molecule has 1 saturated carbocycles. The number of hydrogen-bond donors (Lipinski definition) is 0. The average Bonchev–Trinajstić information content (AvgIpc) is 2.72. The van der Waals surface area contributed by atoms with Gasteiger partial charge in [-0.3, -0.25) is 0 Å². The van der Waals surface area contributed by atoms with Gasteiger partial charge in [0.15, 0.2) is 0 Å². The van der Waals surface area contributed by atoms with Crippen LogP contribution in [0, 0.1) is 11.7 Å². The van der Waals surface area contributed by atoms with Crippen molar-refractivity contribution in [1.82, 2.24) is 0 Å². The number of rotatable bonds is 8. The van der Waals surface area contributed by atoms with Gasteiger partial charge in [-0.2, -0.15) is 0 Å². The smallest absolute Gasteiger partial charge is 0.127 e. The number of halogens is 1. The monoisotopic (exact) mass is 364 g/mol. The van der Waals surface area contributed by atoms with Crippen LogP contribution in [-0.2, 0) is 6.42 Å². The highest BCUT2D eigenvalue weighted by molar-refractivity contribution is 5.64. The molecule has 1 aliphatic carbocycles. The van der Waals surface area contributed by atoms with E-state index in [9.17, 15) is 4.39 Å². The Labute approximate surface area is 164 Å². The minimum absolute atomic E-state index is 0.108. The highest BCUT2D eigenvalue weighted by Crippen LogP contribution is 2.38. The van der Waals surface area contributed by atoms with Crippen molar-refractivity contribution in [2.75, 3.05) is 0 Å². The minimum atomic E-state index is -0.108. The second-order valence-electron chi connectivity index (χ2n) is 8.12. The molecule has 0 heterocycles. The van der Waals surface area contributed by atoms with Gasteiger partial charge in [-0.1, -0.05) is 68.7 Å². The quantitative estimate of drug-likeness (QED) is 0.415. The number of hydrogen-bond acceptors (Lipinski definition) is 0. The molecule has 0 bridgehead atoms. The van der Waals surface area contributed by atoms with E-state index < -0.39 is 0 Å². The van der Waals surface area contributed by atoms with E-state index in [0.717, 1.165) is 35.4 Å². The summed E-state index contributed by atoms with van der Waals surface area (Å²) < 4.78 is 14.3. The summed E-state index contributed by atoms with van der Waals surface area (Å²) in [7, 11) is 0. The Morgan fingerprint density at radius 3 is 2.33 bits per heavy atom. The van der Waals surface area contributed by atoms with E-state index in [1.165, 1.54) is 50.5 Å². The van der Waals surface area contributed by atoms with Crippen molar-refractivity contribution in [3.63, 3.8) is 0 Å². The first-order chi connectivity index (χ1) is 13.2. The number of aryl methyl sites for hydroxylation is 1. The first-order valence-corrected chi connectivity index (χ1v) is 10.7. The summed E-state index contributed by atoms with van der Waals surface area (Å²) in [6.45, 7) is 6.00. The zero-order valence-corrected chi connectivity index (χ0v) is 16.7. The Bertz CT molecular complexity index is 720. The summed E-state index contributed by atoms with van der Waals surface area (Å²) in [6, 6.07) is 14.5. The molecule has 0 saturated heterocycles. The fourth-order valence-corrected chi connectivity index (χ4v) is 4.41. The van der Waals surface area contributed by atoms with Crippen molar-refractivity contribution >= 4 is 0 Å². The molecule has 2 aromatic carbocycles. The molecule has 0 unspecified atom stereocenters. The number of allylic oxidation sites excluding steroid dienone is 1. The van der Waals surface area contributed by atoms with Crippen molar-refractivity contribution in [2.45, 2.75) is 70.6 Å². The molecule has 0 aromatic heterocycles. The Morgan fingerprint density at radius 1 is 1.00 bits per heavy atom. The third-order valence-electron chi connectivity index (χ3n) is 6.20. The Hall–Kier alpha value is -1.89. The molecule has 2 aromatic rings. The van der Waals surface area contributed by atoms with E-state index >= 15 is 0 Å². The lowest BCUT2D eigenvalue weighted by Crippen LogP contribution is -2.13. The Morgan fingerprint density at radius 2 is 1.70 bits per heavy atom.